The maximum Gasteiger partial charge on any atom is 0.248 e. The van der Waals surface area contributed by atoms with Gasteiger partial charge in [0.05, 0.1) is 5.69 Å². The molecule has 0 radical (unpaired) electrons. The van der Waals surface area contributed by atoms with E-state index < -0.39 is 11.7 Å². The summed E-state index contributed by atoms with van der Waals surface area (Å²) in [5.74, 6) is -0.729. The van der Waals surface area contributed by atoms with Gasteiger partial charge in [0.25, 0.3) is 0 Å². The van der Waals surface area contributed by atoms with Gasteiger partial charge in [-0.2, -0.15) is 0 Å². The lowest BCUT2D eigenvalue weighted by molar-refractivity contribution is 0.100. The smallest absolute Gasteiger partial charge is 0.248 e. The predicted molar refractivity (Wildman–Crippen MR) is 78.3 cm³/mol. The molecule has 2 rings (SSSR count). The van der Waals surface area contributed by atoms with Crippen LogP contribution in [-0.4, -0.2) is 12.5 Å². The van der Waals surface area contributed by atoms with Gasteiger partial charge in [0.2, 0.25) is 5.91 Å². The number of hydrogen-bond acceptors (Lipinski definition) is 2. The quantitative estimate of drug-likeness (QED) is 0.878. The largest absolute Gasteiger partial charge is 0.382 e. The van der Waals surface area contributed by atoms with Gasteiger partial charge in [-0.25, -0.2) is 4.39 Å². The van der Waals surface area contributed by atoms with Crippen molar-refractivity contribution in [2.24, 2.45) is 5.73 Å². The lowest BCUT2D eigenvalue weighted by Gasteiger charge is -2.15. The van der Waals surface area contributed by atoms with E-state index in [-0.39, 0.29) is 5.92 Å². The molecular formula is C16H17FN2O. The van der Waals surface area contributed by atoms with Gasteiger partial charge in [-0.15, -0.1) is 0 Å². The van der Waals surface area contributed by atoms with E-state index in [1.54, 1.807) is 0 Å². The normalized spacial score (nSPS) is 11.9. The highest BCUT2D eigenvalue weighted by Crippen LogP contribution is 2.19. The number of amides is 1. The molecule has 0 aliphatic carbocycles. The summed E-state index contributed by atoms with van der Waals surface area (Å²) in [6.07, 6.45) is 0. The van der Waals surface area contributed by atoms with Crippen LogP contribution < -0.4 is 11.1 Å². The van der Waals surface area contributed by atoms with Crippen molar-refractivity contribution in [1.29, 1.82) is 0 Å². The van der Waals surface area contributed by atoms with Crippen LogP contribution in [0.25, 0.3) is 0 Å². The van der Waals surface area contributed by atoms with Crippen molar-refractivity contribution in [3.05, 3.63) is 65.5 Å². The van der Waals surface area contributed by atoms with Gasteiger partial charge >= 0.3 is 0 Å². The van der Waals surface area contributed by atoms with Crippen LogP contribution in [0.1, 0.15) is 28.8 Å². The van der Waals surface area contributed by atoms with Crippen molar-refractivity contribution in [2.45, 2.75) is 12.8 Å². The number of nitrogens with two attached hydrogens (primary N) is 1. The maximum absolute atomic E-state index is 13.7. The zero-order valence-corrected chi connectivity index (χ0v) is 11.3. The van der Waals surface area contributed by atoms with E-state index in [0.29, 0.717) is 17.8 Å². The van der Waals surface area contributed by atoms with E-state index in [2.05, 4.69) is 12.2 Å². The number of benzene rings is 2. The average Bonchev–Trinajstić information content (AvgIpc) is 2.46. The molecule has 0 aliphatic heterocycles. The molecule has 0 fully saturated rings. The summed E-state index contributed by atoms with van der Waals surface area (Å²) in [6.45, 7) is 2.63. The third-order valence-corrected chi connectivity index (χ3v) is 3.22. The minimum Gasteiger partial charge on any atom is -0.382 e. The Balaban J connectivity index is 2.07. The third kappa shape index (κ3) is 3.35. The van der Waals surface area contributed by atoms with Crippen molar-refractivity contribution >= 4 is 11.6 Å². The average molecular weight is 272 g/mol. The van der Waals surface area contributed by atoms with E-state index in [1.807, 2.05) is 30.3 Å². The molecule has 1 amide bonds. The van der Waals surface area contributed by atoms with Crippen LogP contribution in [0.2, 0.25) is 0 Å². The monoisotopic (exact) mass is 272 g/mol. The Hall–Kier alpha value is -2.36. The summed E-state index contributed by atoms with van der Waals surface area (Å²) in [5, 5.41) is 3.02. The van der Waals surface area contributed by atoms with Crippen molar-refractivity contribution in [3.63, 3.8) is 0 Å². The third-order valence-electron chi connectivity index (χ3n) is 3.22. The van der Waals surface area contributed by atoms with Gasteiger partial charge in [-0.1, -0.05) is 37.3 Å². The summed E-state index contributed by atoms with van der Waals surface area (Å²) >= 11 is 0. The SMILES string of the molecule is CC(CNc1cc(C(N)=O)ccc1F)c1ccccc1. The highest BCUT2D eigenvalue weighted by Gasteiger charge is 2.09. The second-order valence-electron chi connectivity index (χ2n) is 4.75. The van der Waals surface area contributed by atoms with Crippen LogP contribution in [0.3, 0.4) is 0 Å². The Morgan fingerprint density at radius 3 is 2.60 bits per heavy atom. The van der Waals surface area contributed by atoms with Crippen LogP contribution in [0.4, 0.5) is 10.1 Å². The van der Waals surface area contributed by atoms with Crippen LogP contribution in [0, 0.1) is 5.82 Å². The van der Waals surface area contributed by atoms with Gasteiger partial charge in [-0.05, 0) is 29.7 Å². The van der Waals surface area contributed by atoms with Gasteiger partial charge in [0.15, 0.2) is 0 Å². The van der Waals surface area contributed by atoms with Gasteiger partial charge < -0.3 is 11.1 Å². The fourth-order valence-corrected chi connectivity index (χ4v) is 1.98. The van der Waals surface area contributed by atoms with Crippen molar-refractivity contribution in [3.8, 4) is 0 Å². The number of anilines is 1. The molecule has 0 bridgehead atoms. The molecule has 0 heterocycles. The molecule has 104 valence electrons. The summed E-state index contributed by atoms with van der Waals surface area (Å²) in [7, 11) is 0. The molecule has 3 N–H and O–H groups in total. The number of halogens is 1. The van der Waals surface area contributed by atoms with E-state index >= 15 is 0 Å². The summed E-state index contributed by atoms with van der Waals surface area (Å²) in [5.41, 5.74) is 6.95. The molecule has 1 atom stereocenters. The summed E-state index contributed by atoms with van der Waals surface area (Å²) < 4.78 is 13.7. The summed E-state index contributed by atoms with van der Waals surface area (Å²) in [4.78, 5) is 11.1. The minimum atomic E-state index is -0.566. The Morgan fingerprint density at radius 2 is 1.95 bits per heavy atom. The first-order valence-corrected chi connectivity index (χ1v) is 6.46. The number of rotatable bonds is 5. The van der Waals surface area contributed by atoms with Gasteiger partial charge in [-0.3, -0.25) is 4.79 Å². The second kappa shape index (κ2) is 6.19. The molecule has 0 spiro atoms. The van der Waals surface area contributed by atoms with Crippen molar-refractivity contribution in [2.75, 3.05) is 11.9 Å². The first kappa shape index (κ1) is 14.1. The van der Waals surface area contributed by atoms with Gasteiger partial charge in [0.1, 0.15) is 5.82 Å². The Bertz CT molecular complexity index is 599. The highest BCUT2D eigenvalue weighted by molar-refractivity contribution is 5.93. The number of carbonyl (C=O) groups excluding carboxylic acids is 1. The summed E-state index contributed by atoms with van der Waals surface area (Å²) in [6, 6.07) is 14.0. The van der Waals surface area contributed by atoms with E-state index in [0.717, 1.165) is 0 Å². The molecule has 0 aromatic heterocycles. The fourth-order valence-electron chi connectivity index (χ4n) is 1.98. The van der Waals surface area contributed by atoms with Crippen LogP contribution in [-0.2, 0) is 0 Å². The number of carbonyl (C=O) groups is 1. The zero-order chi connectivity index (χ0) is 14.5. The van der Waals surface area contributed by atoms with Gasteiger partial charge in [0, 0.05) is 12.1 Å². The molecule has 2 aromatic rings. The number of primary amides is 1. The number of nitrogens with one attached hydrogen (secondary N) is 1. The lowest BCUT2D eigenvalue weighted by Crippen LogP contribution is -2.14. The zero-order valence-electron chi connectivity index (χ0n) is 11.3. The molecule has 3 nitrogen and oxygen atoms in total. The van der Waals surface area contributed by atoms with E-state index in [4.69, 9.17) is 5.73 Å². The molecule has 2 aromatic carbocycles. The Morgan fingerprint density at radius 1 is 1.25 bits per heavy atom. The van der Waals surface area contributed by atoms with E-state index in [9.17, 15) is 9.18 Å². The fraction of sp³-hybridized carbons (Fsp3) is 0.188. The van der Waals surface area contributed by atoms with Crippen LogP contribution in [0.5, 0.6) is 0 Å². The lowest BCUT2D eigenvalue weighted by atomic mass is 10.0. The van der Waals surface area contributed by atoms with Crippen molar-refractivity contribution in [1.82, 2.24) is 0 Å². The Kier molecular flexibility index (Phi) is 4.35. The molecule has 0 aliphatic rings. The molecule has 0 saturated carbocycles. The molecule has 4 heteroatoms. The van der Waals surface area contributed by atoms with E-state index in [1.165, 1.54) is 23.8 Å². The molecule has 20 heavy (non-hydrogen) atoms. The minimum absolute atomic E-state index is 0.229. The number of hydrogen-bond donors (Lipinski definition) is 2. The topological polar surface area (TPSA) is 55.1 Å². The Labute approximate surface area is 117 Å². The second-order valence-corrected chi connectivity index (χ2v) is 4.75. The highest BCUT2D eigenvalue weighted by atomic mass is 19.1. The molecular weight excluding hydrogens is 255 g/mol. The van der Waals surface area contributed by atoms with Crippen LogP contribution in [0.15, 0.2) is 48.5 Å². The standard InChI is InChI=1S/C16H17FN2O/c1-11(12-5-3-2-4-6-12)10-19-15-9-13(16(18)20)7-8-14(15)17/h2-9,11,19H,10H2,1H3,(H2,18,20). The molecule has 1 unspecified atom stereocenters. The maximum atomic E-state index is 13.7. The first-order chi connectivity index (χ1) is 9.58. The molecule has 0 saturated heterocycles. The first-order valence-electron chi connectivity index (χ1n) is 6.46. The van der Waals surface area contributed by atoms with Crippen LogP contribution >= 0.6 is 0 Å². The van der Waals surface area contributed by atoms with Crippen molar-refractivity contribution < 1.29 is 9.18 Å². The predicted octanol–water partition coefficient (Wildman–Crippen LogP) is 3.14.